The van der Waals surface area contributed by atoms with Gasteiger partial charge in [0.15, 0.2) is 13.1 Å². The van der Waals surface area contributed by atoms with Crippen LogP contribution in [0, 0.1) is 0 Å². The summed E-state index contributed by atoms with van der Waals surface area (Å²) < 4.78 is 0. The van der Waals surface area contributed by atoms with Crippen LogP contribution < -0.4 is 20.9 Å². The molecule has 0 aliphatic heterocycles. The quantitative estimate of drug-likeness (QED) is 0.517. The zero-order valence-electron chi connectivity index (χ0n) is 18.9. The Kier molecular flexibility index (Phi) is 8.33. The molecule has 7 heteroatoms. The van der Waals surface area contributed by atoms with Gasteiger partial charge in [0.2, 0.25) is 0 Å². The number of carbonyl (C=O) groups excluding carboxylic acids is 3. The molecule has 1 unspecified atom stereocenters. The van der Waals surface area contributed by atoms with Crippen molar-refractivity contribution < 1.29 is 19.3 Å². The fraction of sp³-hybridized carbons (Fsp3) is 0.375. The van der Waals surface area contributed by atoms with Gasteiger partial charge in [-0.05, 0) is 45.4 Å². The summed E-state index contributed by atoms with van der Waals surface area (Å²) in [6.45, 7) is 7.93. The molecule has 4 N–H and O–H groups in total. The van der Waals surface area contributed by atoms with E-state index in [9.17, 15) is 14.4 Å². The van der Waals surface area contributed by atoms with E-state index in [2.05, 4.69) is 16.0 Å². The van der Waals surface area contributed by atoms with Gasteiger partial charge in [0.25, 0.3) is 17.7 Å². The van der Waals surface area contributed by atoms with Crippen LogP contribution in [0.2, 0.25) is 0 Å². The van der Waals surface area contributed by atoms with Gasteiger partial charge in [-0.2, -0.15) is 0 Å². The molecule has 2 rings (SSSR count). The maximum atomic E-state index is 12.8. The van der Waals surface area contributed by atoms with Crippen LogP contribution in [0.1, 0.15) is 49.7 Å². The fourth-order valence-electron chi connectivity index (χ4n) is 3.16. The Morgan fingerprint density at radius 2 is 1.48 bits per heavy atom. The van der Waals surface area contributed by atoms with Crippen molar-refractivity contribution in [1.29, 1.82) is 0 Å². The number of benzene rings is 2. The number of rotatable bonds is 8. The summed E-state index contributed by atoms with van der Waals surface area (Å²) in [6, 6.07) is 16.4. The smallest absolute Gasteiger partial charge is 0.279 e. The molecule has 31 heavy (non-hydrogen) atoms. The number of para-hydroxylation sites is 1. The number of anilines is 1. The topological polar surface area (TPSA) is 91.7 Å². The molecule has 3 amide bonds. The van der Waals surface area contributed by atoms with Gasteiger partial charge >= 0.3 is 0 Å². The van der Waals surface area contributed by atoms with Crippen LogP contribution >= 0.6 is 0 Å². The molecule has 0 aliphatic carbocycles. The highest BCUT2D eigenvalue weighted by atomic mass is 16.2. The first-order valence-electron chi connectivity index (χ1n) is 10.4. The predicted octanol–water partition coefficient (Wildman–Crippen LogP) is 1.55. The van der Waals surface area contributed by atoms with Gasteiger partial charge in [-0.25, -0.2) is 0 Å². The van der Waals surface area contributed by atoms with Crippen molar-refractivity contribution in [2.75, 3.05) is 25.5 Å². The summed E-state index contributed by atoms with van der Waals surface area (Å²) in [6.07, 6.45) is 0. The highest BCUT2D eigenvalue weighted by Crippen LogP contribution is 2.17. The van der Waals surface area contributed by atoms with Crippen molar-refractivity contribution in [3.05, 3.63) is 65.7 Å². The highest BCUT2D eigenvalue weighted by molar-refractivity contribution is 6.04. The number of nitrogens with one attached hydrogen (secondary N) is 4. The standard InChI is InChI=1S/C24H32N4O3/c1-17(18-11-7-6-8-12-18)25-23(31)19-13-9-10-14-20(19)26-21(29)15-28(5)16-22(30)27-24(2,3)4/h6-14,17H,15-16H2,1-5H3,(H,25,31)(H,26,29)(H,27,30)/p+1/t17-/m1/s1. The molecule has 0 fully saturated rings. The summed E-state index contributed by atoms with van der Waals surface area (Å²) in [5.74, 6) is -0.651. The minimum atomic E-state index is -0.317. The normalized spacial score (nSPS) is 13.1. The molecular weight excluding hydrogens is 392 g/mol. The Hall–Kier alpha value is -3.19. The molecule has 0 bridgehead atoms. The Morgan fingerprint density at radius 3 is 2.13 bits per heavy atom. The van der Waals surface area contributed by atoms with Crippen molar-refractivity contribution in [2.24, 2.45) is 0 Å². The molecule has 166 valence electrons. The third-order valence-electron chi connectivity index (χ3n) is 4.53. The first-order valence-corrected chi connectivity index (χ1v) is 10.4. The van der Waals surface area contributed by atoms with Gasteiger partial charge in [-0.3, -0.25) is 14.4 Å². The highest BCUT2D eigenvalue weighted by Gasteiger charge is 2.20. The summed E-state index contributed by atoms with van der Waals surface area (Å²) in [4.78, 5) is 38.1. The lowest BCUT2D eigenvalue weighted by atomic mass is 10.1. The molecule has 0 saturated carbocycles. The number of quaternary nitrogens is 1. The van der Waals surface area contributed by atoms with Crippen LogP contribution in [0.4, 0.5) is 5.69 Å². The maximum Gasteiger partial charge on any atom is 0.279 e. The van der Waals surface area contributed by atoms with Gasteiger partial charge in [-0.1, -0.05) is 42.5 Å². The predicted molar refractivity (Wildman–Crippen MR) is 122 cm³/mol. The van der Waals surface area contributed by atoms with E-state index in [1.807, 2.05) is 58.0 Å². The van der Waals surface area contributed by atoms with Gasteiger partial charge in [0, 0.05) is 5.54 Å². The fourth-order valence-corrected chi connectivity index (χ4v) is 3.16. The lowest BCUT2D eigenvalue weighted by molar-refractivity contribution is -0.862. The average Bonchev–Trinajstić information content (AvgIpc) is 2.67. The number of amides is 3. The van der Waals surface area contributed by atoms with Crippen LogP contribution in [-0.4, -0.2) is 43.4 Å². The molecule has 2 atom stereocenters. The first-order chi connectivity index (χ1) is 14.5. The minimum absolute atomic E-state index is 0.105. The van der Waals surface area contributed by atoms with E-state index < -0.39 is 0 Å². The van der Waals surface area contributed by atoms with Gasteiger partial charge in [0.1, 0.15) is 0 Å². The van der Waals surface area contributed by atoms with Crippen LogP contribution in [0.5, 0.6) is 0 Å². The van der Waals surface area contributed by atoms with Crippen LogP contribution in [-0.2, 0) is 9.59 Å². The van der Waals surface area contributed by atoms with E-state index >= 15 is 0 Å². The van der Waals surface area contributed by atoms with Crippen LogP contribution in [0.25, 0.3) is 0 Å². The molecule has 7 nitrogen and oxygen atoms in total. The van der Waals surface area contributed by atoms with Crippen molar-refractivity contribution >= 4 is 23.4 Å². The third-order valence-corrected chi connectivity index (χ3v) is 4.53. The average molecular weight is 426 g/mol. The van der Waals surface area contributed by atoms with Gasteiger partial charge < -0.3 is 20.9 Å². The van der Waals surface area contributed by atoms with Crippen molar-refractivity contribution in [2.45, 2.75) is 39.3 Å². The molecular formula is C24H33N4O3+. The molecule has 0 radical (unpaired) electrons. The van der Waals surface area contributed by atoms with E-state index in [4.69, 9.17) is 0 Å². The summed E-state index contributed by atoms with van der Waals surface area (Å²) >= 11 is 0. The third kappa shape index (κ3) is 8.22. The SMILES string of the molecule is C[C@@H](NC(=O)c1ccccc1NC(=O)C[NH+](C)CC(=O)NC(C)(C)C)c1ccccc1. The van der Waals surface area contributed by atoms with E-state index in [0.717, 1.165) is 10.5 Å². The molecule has 0 spiro atoms. The largest absolute Gasteiger partial charge is 0.347 e. The lowest BCUT2D eigenvalue weighted by Crippen LogP contribution is -3.11. The summed E-state index contributed by atoms with van der Waals surface area (Å²) in [7, 11) is 1.78. The Bertz CT molecular complexity index is 907. The second-order valence-electron chi connectivity index (χ2n) is 8.81. The zero-order valence-corrected chi connectivity index (χ0v) is 18.9. The van der Waals surface area contributed by atoms with Crippen molar-refractivity contribution in [3.63, 3.8) is 0 Å². The monoisotopic (exact) mass is 425 g/mol. The van der Waals surface area contributed by atoms with E-state index in [1.54, 1.807) is 31.3 Å². The Labute approximate surface area is 184 Å². The number of hydrogen-bond donors (Lipinski definition) is 4. The second-order valence-corrected chi connectivity index (χ2v) is 8.81. The van der Waals surface area contributed by atoms with E-state index in [0.29, 0.717) is 11.3 Å². The maximum absolute atomic E-state index is 12.8. The van der Waals surface area contributed by atoms with Gasteiger partial charge in [0.05, 0.1) is 24.3 Å². The zero-order chi connectivity index (χ0) is 23.0. The second kappa shape index (κ2) is 10.7. The lowest BCUT2D eigenvalue weighted by Gasteiger charge is -2.22. The van der Waals surface area contributed by atoms with E-state index in [1.165, 1.54) is 0 Å². The molecule has 0 aromatic heterocycles. The van der Waals surface area contributed by atoms with Crippen LogP contribution in [0.3, 0.4) is 0 Å². The van der Waals surface area contributed by atoms with Gasteiger partial charge in [-0.15, -0.1) is 0 Å². The summed E-state index contributed by atoms with van der Waals surface area (Å²) in [5, 5.41) is 8.66. The first kappa shape index (κ1) is 24.1. The molecule has 0 heterocycles. The molecule has 0 aliphatic rings. The molecule has 0 saturated heterocycles. The number of carbonyl (C=O) groups is 3. The van der Waals surface area contributed by atoms with Crippen molar-refractivity contribution in [1.82, 2.24) is 10.6 Å². The summed E-state index contributed by atoms with van der Waals surface area (Å²) in [5.41, 5.74) is 1.51. The number of hydrogen-bond acceptors (Lipinski definition) is 3. The molecule has 2 aromatic carbocycles. The Balaban J connectivity index is 1.97. The molecule has 2 aromatic rings. The number of likely N-dealkylation sites (N-methyl/N-ethyl adjacent to an activating group) is 1. The minimum Gasteiger partial charge on any atom is -0.347 e. The van der Waals surface area contributed by atoms with E-state index in [-0.39, 0.29) is 42.4 Å². The Morgan fingerprint density at radius 1 is 0.903 bits per heavy atom. The van der Waals surface area contributed by atoms with Crippen LogP contribution in [0.15, 0.2) is 54.6 Å². The van der Waals surface area contributed by atoms with Crippen molar-refractivity contribution in [3.8, 4) is 0 Å².